The van der Waals surface area contributed by atoms with Crippen LogP contribution in [0.15, 0.2) is 9.68 Å². The lowest BCUT2D eigenvalue weighted by atomic mass is 10.2. The largest absolute Gasteiger partial charge is 0.338 e. The van der Waals surface area contributed by atoms with Crippen LogP contribution in [0, 0.1) is 0 Å². The molecule has 1 N–H and O–H groups in total. The van der Waals surface area contributed by atoms with E-state index in [1.54, 1.807) is 4.68 Å². The second kappa shape index (κ2) is 6.52. The van der Waals surface area contributed by atoms with Crippen LogP contribution in [0.4, 0.5) is 0 Å². The minimum atomic E-state index is 0.270. The van der Waals surface area contributed by atoms with Gasteiger partial charge in [0.25, 0.3) is 0 Å². The standard InChI is InChI=1S/C12H19N7OS/c1-8(2)11-14-10(20-16-11)7-21-12-15-17-18-19(12)6-5-13-9-3-4-9/h8-9,13H,3-7H2,1-2H3. The average Bonchev–Trinajstić information content (AvgIpc) is 2.99. The molecule has 0 saturated heterocycles. The lowest BCUT2D eigenvalue weighted by Crippen LogP contribution is -2.22. The number of tetrazole rings is 1. The Morgan fingerprint density at radius 1 is 1.43 bits per heavy atom. The summed E-state index contributed by atoms with van der Waals surface area (Å²) in [4.78, 5) is 4.34. The van der Waals surface area contributed by atoms with E-state index in [2.05, 4.69) is 31.0 Å². The van der Waals surface area contributed by atoms with Crippen LogP contribution in [-0.4, -0.2) is 42.9 Å². The van der Waals surface area contributed by atoms with E-state index in [1.807, 2.05) is 13.8 Å². The summed E-state index contributed by atoms with van der Waals surface area (Å²) < 4.78 is 7.02. The smallest absolute Gasteiger partial charge is 0.237 e. The molecule has 1 saturated carbocycles. The van der Waals surface area contributed by atoms with Gasteiger partial charge in [-0.1, -0.05) is 30.8 Å². The van der Waals surface area contributed by atoms with Gasteiger partial charge in [0.2, 0.25) is 11.0 Å². The van der Waals surface area contributed by atoms with Crippen molar-refractivity contribution in [1.82, 2.24) is 35.7 Å². The van der Waals surface area contributed by atoms with Gasteiger partial charge in [0.1, 0.15) is 0 Å². The van der Waals surface area contributed by atoms with Gasteiger partial charge in [0.15, 0.2) is 5.82 Å². The summed E-state index contributed by atoms with van der Waals surface area (Å²) in [6, 6.07) is 0.699. The van der Waals surface area contributed by atoms with Gasteiger partial charge in [-0.05, 0) is 23.3 Å². The first-order valence-electron chi connectivity index (χ1n) is 7.17. The molecule has 2 aromatic heterocycles. The van der Waals surface area contributed by atoms with Gasteiger partial charge in [-0.25, -0.2) is 4.68 Å². The Kier molecular flexibility index (Phi) is 4.49. The van der Waals surface area contributed by atoms with Crippen LogP contribution < -0.4 is 5.32 Å². The third kappa shape index (κ3) is 4.01. The molecule has 0 aliphatic heterocycles. The summed E-state index contributed by atoms with van der Waals surface area (Å²) >= 11 is 1.51. The van der Waals surface area contributed by atoms with Gasteiger partial charge in [-0.2, -0.15) is 4.98 Å². The Balaban J connectivity index is 1.50. The summed E-state index contributed by atoms with van der Waals surface area (Å²) in [6.45, 7) is 5.73. The lowest BCUT2D eigenvalue weighted by Gasteiger charge is -2.04. The molecule has 2 heterocycles. The van der Waals surface area contributed by atoms with Crippen LogP contribution in [0.3, 0.4) is 0 Å². The molecule has 3 rings (SSSR count). The monoisotopic (exact) mass is 309 g/mol. The van der Waals surface area contributed by atoms with E-state index in [9.17, 15) is 0 Å². The van der Waals surface area contributed by atoms with E-state index >= 15 is 0 Å². The molecule has 1 fully saturated rings. The predicted molar refractivity (Wildman–Crippen MR) is 76.8 cm³/mol. The van der Waals surface area contributed by atoms with Crippen molar-refractivity contribution in [2.45, 2.75) is 56.1 Å². The zero-order chi connectivity index (χ0) is 14.7. The van der Waals surface area contributed by atoms with Crippen molar-refractivity contribution < 1.29 is 4.52 Å². The van der Waals surface area contributed by atoms with Crippen LogP contribution >= 0.6 is 11.8 Å². The van der Waals surface area contributed by atoms with Gasteiger partial charge >= 0.3 is 0 Å². The number of nitrogens with one attached hydrogen (secondary N) is 1. The zero-order valence-electron chi connectivity index (χ0n) is 12.2. The maximum Gasteiger partial charge on any atom is 0.237 e. The van der Waals surface area contributed by atoms with E-state index < -0.39 is 0 Å². The molecular weight excluding hydrogens is 290 g/mol. The van der Waals surface area contributed by atoms with Crippen molar-refractivity contribution in [3.05, 3.63) is 11.7 Å². The number of hydrogen-bond donors (Lipinski definition) is 1. The molecular formula is C12H19N7OS. The highest BCUT2D eigenvalue weighted by Crippen LogP contribution is 2.21. The molecule has 114 valence electrons. The topological polar surface area (TPSA) is 94.5 Å². The third-order valence-corrected chi connectivity index (χ3v) is 4.10. The van der Waals surface area contributed by atoms with Crippen molar-refractivity contribution in [1.29, 1.82) is 0 Å². The van der Waals surface area contributed by atoms with E-state index in [-0.39, 0.29) is 5.92 Å². The van der Waals surface area contributed by atoms with Crippen LogP contribution in [0.5, 0.6) is 0 Å². The molecule has 0 atom stereocenters. The van der Waals surface area contributed by atoms with Gasteiger partial charge < -0.3 is 9.84 Å². The highest BCUT2D eigenvalue weighted by Gasteiger charge is 2.20. The first kappa shape index (κ1) is 14.5. The van der Waals surface area contributed by atoms with Crippen LogP contribution in [0.2, 0.25) is 0 Å². The number of aromatic nitrogens is 6. The van der Waals surface area contributed by atoms with Gasteiger partial charge in [0, 0.05) is 18.5 Å². The lowest BCUT2D eigenvalue weighted by molar-refractivity contribution is 0.382. The second-order valence-corrected chi connectivity index (χ2v) is 6.35. The maximum absolute atomic E-state index is 5.21. The van der Waals surface area contributed by atoms with Crippen LogP contribution in [0.25, 0.3) is 0 Å². The predicted octanol–water partition coefficient (Wildman–Crippen LogP) is 1.22. The Morgan fingerprint density at radius 3 is 3.00 bits per heavy atom. The second-order valence-electron chi connectivity index (χ2n) is 5.40. The fraction of sp³-hybridized carbons (Fsp3) is 0.750. The summed E-state index contributed by atoms with van der Waals surface area (Å²) in [5.41, 5.74) is 0. The van der Waals surface area contributed by atoms with Crippen molar-refractivity contribution in [2.24, 2.45) is 0 Å². The summed E-state index contributed by atoms with van der Waals surface area (Å²) in [6.07, 6.45) is 2.57. The molecule has 1 aliphatic carbocycles. The molecule has 1 aliphatic rings. The van der Waals surface area contributed by atoms with Gasteiger partial charge in [-0.3, -0.25) is 0 Å². The number of thioether (sulfide) groups is 1. The van der Waals surface area contributed by atoms with E-state index in [4.69, 9.17) is 4.52 Å². The summed E-state index contributed by atoms with van der Waals surface area (Å²) in [7, 11) is 0. The molecule has 0 bridgehead atoms. The maximum atomic E-state index is 5.21. The van der Waals surface area contributed by atoms with Crippen LogP contribution in [0.1, 0.15) is 44.3 Å². The van der Waals surface area contributed by atoms with E-state index in [1.165, 1.54) is 24.6 Å². The molecule has 2 aromatic rings. The number of hydrogen-bond acceptors (Lipinski definition) is 8. The molecule has 9 heteroatoms. The molecule has 0 radical (unpaired) electrons. The van der Waals surface area contributed by atoms with E-state index in [0.717, 1.165) is 24.1 Å². The minimum Gasteiger partial charge on any atom is -0.338 e. The molecule has 0 aromatic carbocycles. The average molecular weight is 309 g/mol. The molecule has 8 nitrogen and oxygen atoms in total. The zero-order valence-corrected chi connectivity index (χ0v) is 13.0. The van der Waals surface area contributed by atoms with Gasteiger partial charge in [-0.15, -0.1) is 5.10 Å². The molecule has 21 heavy (non-hydrogen) atoms. The quantitative estimate of drug-likeness (QED) is 0.727. The summed E-state index contributed by atoms with van der Waals surface area (Å²) in [5, 5.41) is 19.9. The third-order valence-electron chi connectivity index (χ3n) is 3.16. The highest BCUT2D eigenvalue weighted by atomic mass is 32.2. The molecule has 0 unspecified atom stereocenters. The summed E-state index contributed by atoms with van der Waals surface area (Å²) in [5.74, 6) is 2.19. The Bertz CT molecular complexity index is 578. The fourth-order valence-corrected chi connectivity index (χ4v) is 2.53. The highest BCUT2D eigenvalue weighted by molar-refractivity contribution is 7.98. The first-order valence-corrected chi connectivity index (χ1v) is 8.16. The number of nitrogens with zero attached hydrogens (tertiary/aromatic N) is 6. The van der Waals surface area contributed by atoms with Crippen molar-refractivity contribution in [3.8, 4) is 0 Å². The Morgan fingerprint density at radius 2 is 2.29 bits per heavy atom. The normalized spacial score (nSPS) is 15.0. The van der Waals surface area contributed by atoms with Crippen molar-refractivity contribution >= 4 is 11.8 Å². The van der Waals surface area contributed by atoms with Crippen molar-refractivity contribution in [3.63, 3.8) is 0 Å². The number of rotatable bonds is 8. The molecule has 0 spiro atoms. The van der Waals surface area contributed by atoms with Crippen LogP contribution in [-0.2, 0) is 12.3 Å². The minimum absolute atomic E-state index is 0.270. The molecule has 0 amide bonds. The van der Waals surface area contributed by atoms with Crippen molar-refractivity contribution in [2.75, 3.05) is 6.54 Å². The Labute approximate surface area is 127 Å². The van der Waals surface area contributed by atoms with E-state index in [0.29, 0.717) is 17.7 Å². The van der Waals surface area contributed by atoms with Gasteiger partial charge in [0.05, 0.1) is 12.3 Å². The first-order chi connectivity index (χ1) is 10.2. The fourth-order valence-electron chi connectivity index (χ4n) is 1.79. The Hall–Kier alpha value is -1.48. The SMILES string of the molecule is CC(C)c1noc(CSc2nnnn2CCNC2CC2)n1.